The van der Waals surface area contributed by atoms with Crippen LogP contribution < -0.4 is 28.9 Å². The lowest BCUT2D eigenvalue weighted by Gasteiger charge is -2.36. The molecule has 0 fully saturated rings. The van der Waals surface area contributed by atoms with Crippen molar-refractivity contribution < 1.29 is 33.6 Å². The van der Waals surface area contributed by atoms with Gasteiger partial charge in [0.25, 0.3) is 0 Å². The average Bonchev–Trinajstić information content (AvgIpc) is 2.51. The number of para-hydroxylation sites is 2. The lowest BCUT2D eigenvalue weighted by atomic mass is 10.2. The summed E-state index contributed by atoms with van der Waals surface area (Å²) in [5.41, 5.74) is 2.57. The number of hydrogen-bond donors (Lipinski definition) is 1. The SMILES string of the molecule is C[N+](C)(CCO)CCN1c2ccccc2Sc2ccccc21.[I-]. The fourth-order valence-electron chi connectivity index (χ4n) is 2.78. The minimum absolute atomic E-state index is 0. The monoisotopic (exact) mass is 442 g/mol. The third-order valence-corrected chi connectivity index (χ3v) is 5.30. The highest BCUT2D eigenvalue weighted by molar-refractivity contribution is 7.99. The van der Waals surface area contributed by atoms with E-state index in [-0.39, 0.29) is 30.6 Å². The Balaban J connectivity index is 0.00000192. The highest BCUT2D eigenvalue weighted by Gasteiger charge is 2.25. The highest BCUT2D eigenvalue weighted by atomic mass is 127. The molecule has 1 aliphatic rings. The van der Waals surface area contributed by atoms with Gasteiger partial charge in [-0.15, -0.1) is 0 Å². The largest absolute Gasteiger partial charge is 1.00 e. The molecule has 2 aromatic rings. The Hall–Kier alpha value is -0.760. The van der Waals surface area contributed by atoms with Crippen molar-refractivity contribution in [3.63, 3.8) is 0 Å². The average molecular weight is 442 g/mol. The summed E-state index contributed by atoms with van der Waals surface area (Å²) < 4.78 is 0.824. The smallest absolute Gasteiger partial charge is 0.102 e. The molecule has 2 aromatic carbocycles. The molecule has 0 spiro atoms. The Kier molecular flexibility index (Phi) is 6.36. The molecule has 0 atom stereocenters. The number of aliphatic hydroxyl groups excluding tert-OH is 1. The maximum absolute atomic E-state index is 9.22. The second kappa shape index (κ2) is 7.88. The van der Waals surface area contributed by atoms with E-state index >= 15 is 0 Å². The van der Waals surface area contributed by atoms with E-state index in [4.69, 9.17) is 0 Å². The van der Waals surface area contributed by atoms with E-state index in [1.54, 1.807) is 0 Å². The van der Waals surface area contributed by atoms with Crippen molar-refractivity contribution in [1.29, 1.82) is 0 Å². The molecule has 1 heterocycles. The van der Waals surface area contributed by atoms with Crippen LogP contribution in [0.25, 0.3) is 0 Å². The van der Waals surface area contributed by atoms with Crippen LogP contribution in [0.3, 0.4) is 0 Å². The van der Waals surface area contributed by atoms with E-state index in [1.807, 2.05) is 11.8 Å². The van der Waals surface area contributed by atoms with Crippen LogP contribution in [0.2, 0.25) is 0 Å². The molecule has 0 radical (unpaired) electrons. The molecule has 0 amide bonds. The topological polar surface area (TPSA) is 23.5 Å². The Morgan fingerprint density at radius 1 is 0.913 bits per heavy atom. The molecule has 0 saturated carbocycles. The van der Waals surface area contributed by atoms with Gasteiger partial charge in [0.2, 0.25) is 0 Å². The molecule has 0 aliphatic carbocycles. The molecule has 5 heteroatoms. The molecule has 23 heavy (non-hydrogen) atoms. The number of nitrogens with zero attached hydrogens (tertiary/aromatic N) is 2. The molecule has 3 nitrogen and oxygen atoms in total. The van der Waals surface area contributed by atoms with Crippen LogP contribution in [0.15, 0.2) is 58.3 Å². The van der Waals surface area contributed by atoms with Crippen LogP contribution >= 0.6 is 11.8 Å². The third-order valence-electron chi connectivity index (χ3n) is 4.17. The Morgan fingerprint density at radius 3 is 1.96 bits per heavy atom. The zero-order valence-electron chi connectivity index (χ0n) is 13.6. The molecule has 0 saturated heterocycles. The van der Waals surface area contributed by atoms with E-state index in [1.165, 1.54) is 21.2 Å². The number of hydrogen-bond acceptors (Lipinski definition) is 3. The van der Waals surface area contributed by atoms with Gasteiger partial charge in [-0.3, -0.25) is 0 Å². The van der Waals surface area contributed by atoms with Crippen LogP contribution in [0, 0.1) is 0 Å². The van der Waals surface area contributed by atoms with Gasteiger partial charge >= 0.3 is 0 Å². The first kappa shape index (κ1) is 18.6. The van der Waals surface area contributed by atoms with E-state index in [0.717, 1.165) is 24.1 Å². The highest BCUT2D eigenvalue weighted by Crippen LogP contribution is 2.47. The maximum atomic E-state index is 9.22. The lowest BCUT2D eigenvalue weighted by molar-refractivity contribution is -0.889. The first-order valence-electron chi connectivity index (χ1n) is 7.67. The van der Waals surface area contributed by atoms with Gasteiger partial charge in [-0.05, 0) is 24.3 Å². The molecule has 0 aromatic heterocycles. The summed E-state index contributed by atoms with van der Waals surface area (Å²) in [5.74, 6) is 0. The van der Waals surface area contributed by atoms with E-state index in [2.05, 4.69) is 67.5 Å². The van der Waals surface area contributed by atoms with Crippen LogP contribution in [0.4, 0.5) is 11.4 Å². The summed E-state index contributed by atoms with van der Waals surface area (Å²) >= 11 is 1.84. The van der Waals surface area contributed by atoms with Crippen LogP contribution in [0.5, 0.6) is 0 Å². The number of fused-ring (bicyclic) bond motifs is 2. The predicted octanol–water partition coefficient (Wildman–Crippen LogP) is 0.362. The fraction of sp³-hybridized carbons (Fsp3) is 0.333. The van der Waals surface area contributed by atoms with Crippen molar-refractivity contribution in [3.05, 3.63) is 48.5 Å². The Bertz CT molecular complexity index is 617. The van der Waals surface area contributed by atoms with Crippen molar-refractivity contribution in [2.45, 2.75) is 9.79 Å². The summed E-state index contributed by atoms with van der Waals surface area (Å²) in [7, 11) is 4.35. The van der Waals surface area contributed by atoms with Gasteiger partial charge in [-0.2, -0.15) is 0 Å². The van der Waals surface area contributed by atoms with E-state index in [9.17, 15) is 5.11 Å². The zero-order chi connectivity index (χ0) is 15.6. The molecular formula is C18H23IN2OS. The summed E-state index contributed by atoms with van der Waals surface area (Å²) in [6.07, 6.45) is 0. The maximum Gasteiger partial charge on any atom is 0.102 e. The fourth-order valence-corrected chi connectivity index (χ4v) is 3.87. The predicted molar refractivity (Wildman–Crippen MR) is 92.9 cm³/mol. The summed E-state index contributed by atoms with van der Waals surface area (Å²) in [5, 5.41) is 9.22. The van der Waals surface area contributed by atoms with Crippen molar-refractivity contribution in [1.82, 2.24) is 0 Å². The van der Waals surface area contributed by atoms with Crippen molar-refractivity contribution in [3.8, 4) is 0 Å². The van der Waals surface area contributed by atoms with Gasteiger partial charge in [0.1, 0.15) is 6.54 Å². The molecule has 124 valence electrons. The first-order chi connectivity index (χ1) is 10.6. The minimum atomic E-state index is 0. The quantitative estimate of drug-likeness (QED) is 0.535. The van der Waals surface area contributed by atoms with Crippen LogP contribution in [-0.2, 0) is 0 Å². The number of halogens is 1. The lowest BCUT2D eigenvalue weighted by Crippen LogP contribution is -3.00. The third kappa shape index (κ3) is 4.21. The number of likely N-dealkylation sites (N-methyl/N-ethyl adjacent to an activating group) is 1. The molecule has 0 bridgehead atoms. The summed E-state index contributed by atoms with van der Waals surface area (Å²) in [6.45, 7) is 2.96. The van der Waals surface area contributed by atoms with Gasteiger partial charge in [0, 0.05) is 9.79 Å². The van der Waals surface area contributed by atoms with Crippen LogP contribution in [0.1, 0.15) is 0 Å². The Morgan fingerprint density at radius 2 is 1.43 bits per heavy atom. The van der Waals surface area contributed by atoms with Gasteiger partial charge < -0.3 is 38.5 Å². The van der Waals surface area contributed by atoms with Gasteiger partial charge in [0.05, 0.1) is 45.2 Å². The van der Waals surface area contributed by atoms with Crippen molar-refractivity contribution in [2.24, 2.45) is 0 Å². The Labute approximate surface area is 159 Å². The number of benzene rings is 2. The van der Waals surface area contributed by atoms with E-state index < -0.39 is 0 Å². The molecular weight excluding hydrogens is 419 g/mol. The van der Waals surface area contributed by atoms with Crippen LogP contribution in [-0.4, -0.2) is 49.9 Å². The normalized spacial score (nSPS) is 13.1. The number of anilines is 2. The molecule has 1 N–H and O–H groups in total. The van der Waals surface area contributed by atoms with Gasteiger partial charge in [-0.1, -0.05) is 36.0 Å². The minimum Gasteiger partial charge on any atom is -1.00 e. The van der Waals surface area contributed by atoms with Crippen molar-refractivity contribution >= 4 is 23.1 Å². The van der Waals surface area contributed by atoms with Gasteiger partial charge in [-0.25, -0.2) is 0 Å². The van der Waals surface area contributed by atoms with Gasteiger partial charge in [0.15, 0.2) is 0 Å². The molecule has 0 unspecified atom stereocenters. The first-order valence-corrected chi connectivity index (χ1v) is 8.49. The van der Waals surface area contributed by atoms with Crippen molar-refractivity contribution in [2.75, 3.05) is 45.2 Å². The standard InChI is InChI=1S/C18H23N2OS.HI/c1-20(2,13-14-21)12-11-19-15-7-3-5-9-17(15)22-18-10-6-4-8-16(18)19;/h3-10,21H,11-14H2,1-2H3;1H/q+1;/p-1. The second-order valence-electron chi connectivity index (χ2n) is 6.30. The zero-order valence-corrected chi connectivity index (χ0v) is 16.5. The number of quaternary nitrogens is 1. The molecule has 3 rings (SSSR count). The summed E-state index contributed by atoms with van der Waals surface area (Å²) in [6, 6.07) is 17.2. The van der Waals surface area contributed by atoms with E-state index in [0.29, 0.717) is 0 Å². The second-order valence-corrected chi connectivity index (χ2v) is 7.38. The summed E-state index contributed by atoms with van der Waals surface area (Å²) in [4.78, 5) is 5.04. The molecule has 1 aliphatic heterocycles. The number of rotatable bonds is 5. The number of aliphatic hydroxyl groups is 1.